The second kappa shape index (κ2) is 8.51. The lowest BCUT2D eigenvalue weighted by atomic mass is 9.98. The van der Waals surface area contributed by atoms with Crippen LogP contribution in [0.25, 0.3) is 11.0 Å². The van der Waals surface area contributed by atoms with Crippen molar-refractivity contribution in [3.05, 3.63) is 112 Å². The number of anilines is 1. The minimum Gasteiger partial charge on any atom is -0.497 e. The standard InChI is InChI=1S/C27H20FNO5/c1-3-13-33-20-6-4-5-16(14-20)24-23-25(30)21-15-17(28)7-12-22(21)34-26(23)27(31)29(24)18-8-10-19(32-2)11-9-18/h3-12,14-15,24H,1,13H2,2H3. The molecule has 0 aliphatic carbocycles. The first-order chi connectivity index (χ1) is 16.5. The molecule has 0 spiro atoms. The van der Waals surface area contributed by atoms with E-state index in [1.807, 2.05) is 0 Å². The fraction of sp³-hybridized carbons (Fsp3) is 0.111. The van der Waals surface area contributed by atoms with Gasteiger partial charge in [-0.3, -0.25) is 14.5 Å². The van der Waals surface area contributed by atoms with Gasteiger partial charge in [-0.15, -0.1) is 0 Å². The van der Waals surface area contributed by atoms with Crippen molar-refractivity contribution < 1.29 is 23.1 Å². The molecule has 0 saturated carbocycles. The van der Waals surface area contributed by atoms with Gasteiger partial charge in [0, 0.05) is 5.69 Å². The summed E-state index contributed by atoms with van der Waals surface area (Å²) in [4.78, 5) is 28.7. The van der Waals surface area contributed by atoms with Crippen LogP contribution in [-0.4, -0.2) is 19.6 Å². The van der Waals surface area contributed by atoms with Crippen molar-refractivity contribution in [1.82, 2.24) is 0 Å². The predicted molar refractivity (Wildman–Crippen MR) is 126 cm³/mol. The van der Waals surface area contributed by atoms with Crippen molar-refractivity contribution in [1.29, 1.82) is 0 Å². The Bertz CT molecular complexity index is 1480. The van der Waals surface area contributed by atoms with E-state index in [2.05, 4.69) is 6.58 Å². The highest BCUT2D eigenvalue weighted by atomic mass is 19.1. The molecule has 0 fully saturated rings. The maximum Gasteiger partial charge on any atom is 0.295 e. The van der Waals surface area contributed by atoms with Gasteiger partial charge in [0.1, 0.15) is 29.5 Å². The van der Waals surface area contributed by atoms with Gasteiger partial charge < -0.3 is 13.9 Å². The van der Waals surface area contributed by atoms with Crippen LogP contribution >= 0.6 is 0 Å². The van der Waals surface area contributed by atoms with Crippen LogP contribution in [0.15, 0.2) is 88.6 Å². The number of methoxy groups -OCH3 is 1. The first-order valence-electron chi connectivity index (χ1n) is 10.6. The van der Waals surface area contributed by atoms with Gasteiger partial charge in [-0.25, -0.2) is 4.39 Å². The molecule has 0 N–H and O–H groups in total. The van der Waals surface area contributed by atoms with E-state index in [1.165, 1.54) is 17.0 Å². The summed E-state index contributed by atoms with van der Waals surface area (Å²) in [6.07, 6.45) is 1.63. The van der Waals surface area contributed by atoms with Crippen molar-refractivity contribution >= 4 is 22.6 Å². The average Bonchev–Trinajstić information content (AvgIpc) is 3.16. The first-order valence-corrected chi connectivity index (χ1v) is 10.6. The van der Waals surface area contributed by atoms with Gasteiger partial charge in [0.2, 0.25) is 5.76 Å². The molecular weight excluding hydrogens is 437 g/mol. The van der Waals surface area contributed by atoms with Crippen LogP contribution in [0, 0.1) is 5.82 Å². The maximum atomic E-state index is 14.0. The molecule has 1 unspecified atom stereocenters. The van der Waals surface area contributed by atoms with Crippen molar-refractivity contribution in [2.45, 2.75) is 6.04 Å². The van der Waals surface area contributed by atoms with E-state index >= 15 is 0 Å². The summed E-state index contributed by atoms with van der Waals surface area (Å²) in [6.45, 7) is 3.96. The fourth-order valence-corrected chi connectivity index (χ4v) is 4.20. The summed E-state index contributed by atoms with van der Waals surface area (Å²) in [5.74, 6) is 0.0876. The van der Waals surface area contributed by atoms with Gasteiger partial charge >= 0.3 is 0 Å². The Labute approximate surface area is 194 Å². The molecule has 6 nitrogen and oxygen atoms in total. The number of amides is 1. The molecule has 2 heterocycles. The summed E-state index contributed by atoms with van der Waals surface area (Å²) in [6, 6.07) is 16.9. The van der Waals surface area contributed by atoms with Crippen LogP contribution in [0.1, 0.15) is 27.7 Å². The first kappa shape index (κ1) is 21.5. The Hall–Kier alpha value is -4.39. The van der Waals surface area contributed by atoms with Crippen molar-refractivity contribution in [2.24, 2.45) is 0 Å². The second-order valence-electron chi connectivity index (χ2n) is 7.76. The van der Waals surface area contributed by atoms with E-state index in [9.17, 15) is 14.0 Å². The number of carbonyl (C=O) groups is 1. The van der Waals surface area contributed by atoms with Gasteiger partial charge in [-0.05, 0) is 60.2 Å². The summed E-state index contributed by atoms with van der Waals surface area (Å²) >= 11 is 0. The van der Waals surface area contributed by atoms with Gasteiger partial charge in [-0.2, -0.15) is 0 Å². The second-order valence-corrected chi connectivity index (χ2v) is 7.76. The highest BCUT2D eigenvalue weighted by Crippen LogP contribution is 2.42. The average molecular weight is 457 g/mol. The van der Waals surface area contributed by atoms with Crippen molar-refractivity contribution in [3.8, 4) is 11.5 Å². The molecule has 1 aliphatic heterocycles. The van der Waals surface area contributed by atoms with E-state index < -0.39 is 23.2 Å². The summed E-state index contributed by atoms with van der Waals surface area (Å²) < 4.78 is 30.7. The van der Waals surface area contributed by atoms with Crippen LogP contribution in [0.4, 0.5) is 10.1 Å². The zero-order valence-electron chi connectivity index (χ0n) is 18.3. The largest absolute Gasteiger partial charge is 0.497 e. The zero-order chi connectivity index (χ0) is 23.8. The molecule has 1 aromatic heterocycles. The number of fused-ring (bicyclic) bond motifs is 2. The number of hydrogen-bond donors (Lipinski definition) is 0. The molecule has 170 valence electrons. The lowest BCUT2D eigenvalue weighted by Gasteiger charge is -2.25. The number of rotatable bonds is 6. The van der Waals surface area contributed by atoms with Gasteiger partial charge in [0.25, 0.3) is 5.91 Å². The van der Waals surface area contributed by atoms with E-state index in [4.69, 9.17) is 13.9 Å². The Morgan fingerprint density at radius 2 is 1.85 bits per heavy atom. The number of carbonyl (C=O) groups excluding carboxylic acids is 1. The lowest BCUT2D eigenvalue weighted by Crippen LogP contribution is -2.29. The Balaban J connectivity index is 1.75. The number of hydrogen-bond acceptors (Lipinski definition) is 5. The summed E-state index contributed by atoms with van der Waals surface area (Å²) in [5.41, 5.74) is 1.04. The summed E-state index contributed by atoms with van der Waals surface area (Å²) in [5, 5.41) is 0.0761. The highest BCUT2D eigenvalue weighted by molar-refractivity contribution is 6.10. The molecule has 3 aromatic carbocycles. The quantitative estimate of drug-likeness (QED) is 0.370. The summed E-state index contributed by atoms with van der Waals surface area (Å²) in [7, 11) is 1.55. The van der Waals surface area contributed by atoms with E-state index in [-0.39, 0.29) is 22.3 Å². The fourth-order valence-electron chi connectivity index (χ4n) is 4.20. The topological polar surface area (TPSA) is 69.0 Å². The molecule has 0 bridgehead atoms. The molecular formula is C27H20FNO5. The SMILES string of the molecule is C=CCOc1cccc(C2c3c(oc4ccc(F)cc4c3=O)C(=O)N2c2ccc(OC)cc2)c1. The number of benzene rings is 3. The Kier molecular flexibility index (Phi) is 5.37. The number of nitrogens with zero attached hydrogens (tertiary/aromatic N) is 1. The molecule has 4 aromatic rings. The van der Waals surface area contributed by atoms with Crippen molar-refractivity contribution in [2.75, 3.05) is 18.6 Å². The van der Waals surface area contributed by atoms with Gasteiger partial charge in [0.15, 0.2) is 5.43 Å². The molecule has 1 atom stereocenters. The molecule has 1 aliphatic rings. The molecule has 5 rings (SSSR count). The van der Waals surface area contributed by atoms with Crippen LogP contribution in [0.3, 0.4) is 0 Å². The third-order valence-electron chi connectivity index (χ3n) is 5.72. The highest BCUT2D eigenvalue weighted by Gasteiger charge is 2.43. The Morgan fingerprint density at radius 3 is 2.59 bits per heavy atom. The van der Waals surface area contributed by atoms with Crippen molar-refractivity contribution in [3.63, 3.8) is 0 Å². The molecule has 0 radical (unpaired) electrons. The van der Waals surface area contributed by atoms with E-state index in [0.29, 0.717) is 29.4 Å². The predicted octanol–water partition coefficient (Wildman–Crippen LogP) is 5.26. The smallest absolute Gasteiger partial charge is 0.295 e. The van der Waals surface area contributed by atoms with Gasteiger partial charge in [-0.1, -0.05) is 24.8 Å². The maximum absolute atomic E-state index is 14.0. The van der Waals surface area contributed by atoms with Crippen LogP contribution in [-0.2, 0) is 0 Å². The third kappa shape index (κ3) is 3.51. The minimum absolute atomic E-state index is 0.0673. The Morgan fingerprint density at radius 1 is 1.06 bits per heavy atom. The van der Waals surface area contributed by atoms with Crippen LogP contribution < -0.4 is 19.8 Å². The van der Waals surface area contributed by atoms with Crippen LogP contribution in [0.5, 0.6) is 11.5 Å². The number of ether oxygens (including phenoxy) is 2. The normalized spacial score (nSPS) is 14.8. The minimum atomic E-state index is -0.799. The van der Waals surface area contributed by atoms with Gasteiger partial charge in [0.05, 0.1) is 24.1 Å². The number of halogens is 1. The molecule has 1 amide bonds. The third-order valence-corrected chi connectivity index (χ3v) is 5.72. The molecule has 0 saturated heterocycles. The van der Waals surface area contributed by atoms with Crippen LogP contribution in [0.2, 0.25) is 0 Å². The monoisotopic (exact) mass is 457 g/mol. The lowest BCUT2D eigenvalue weighted by molar-refractivity contribution is 0.0971. The van der Waals surface area contributed by atoms with E-state index in [0.717, 1.165) is 6.07 Å². The molecule has 7 heteroatoms. The molecule has 34 heavy (non-hydrogen) atoms. The van der Waals surface area contributed by atoms with E-state index in [1.54, 1.807) is 61.7 Å². The zero-order valence-corrected chi connectivity index (χ0v) is 18.3.